The third kappa shape index (κ3) is 0.730. The first-order valence-corrected chi connectivity index (χ1v) is 3.56. The molecule has 2 rings (SSSR count). The molecule has 0 unspecified atom stereocenters. The SMILES string of the molecule is O=C=N[C@]12C[C@H]1CCOC2=O. The second-order valence-corrected chi connectivity index (χ2v) is 2.95. The molecule has 4 nitrogen and oxygen atoms in total. The van der Waals surface area contributed by atoms with Gasteiger partial charge in [-0.1, -0.05) is 0 Å². The Morgan fingerprint density at radius 2 is 2.55 bits per heavy atom. The van der Waals surface area contributed by atoms with Gasteiger partial charge in [-0.15, -0.1) is 0 Å². The van der Waals surface area contributed by atoms with Crippen LogP contribution in [0.4, 0.5) is 0 Å². The molecule has 4 heteroatoms. The Balaban J connectivity index is 2.26. The van der Waals surface area contributed by atoms with Crippen LogP contribution in [0, 0.1) is 5.92 Å². The molecule has 0 amide bonds. The molecule has 0 radical (unpaired) electrons. The fourth-order valence-electron chi connectivity index (χ4n) is 1.59. The summed E-state index contributed by atoms with van der Waals surface area (Å²) in [5.41, 5.74) is -0.806. The van der Waals surface area contributed by atoms with Crippen molar-refractivity contribution < 1.29 is 14.3 Å². The maximum Gasteiger partial charge on any atom is 0.335 e. The summed E-state index contributed by atoms with van der Waals surface area (Å²) in [6.07, 6.45) is 2.92. The Morgan fingerprint density at radius 3 is 3.18 bits per heavy atom. The zero-order valence-corrected chi connectivity index (χ0v) is 5.87. The van der Waals surface area contributed by atoms with Gasteiger partial charge in [0, 0.05) is 5.92 Å². The molecule has 0 spiro atoms. The molecule has 1 saturated carbocycles. The van der Waals surface area contributed by atoms with E-state index in [1.165, 1.54) is 6.08 Å². The molecule has 58 valence electrons. The van der Waals surface area contributed by atoms with E-state index in [0.29, 0.717) is 13.0 Å². The lowest BCUT2D eigenvalue weighted by Gasteiger charge is -2.15. The molecule has 1 aliphatic carbocycles. The fraction of sp³-hybridized carbons (Fsp3) is 0.714. The van der Waals surface area contributed by atoms with Crippen LogP contribution in [0.3, 0.4) is 0 Å². The molecule has 2 fully saturated rings. The molecule has 1 heterocycles. The summed E-state index contributed by atoms with van der Waals surface area (Å²) < 4.78 is 4.78. The summed E-state index contributed by atoms with van der Waals surface area (Å²) in [5, 5.41) is 0. The minimum atomic E-state index is -0.806. The maximum absolute atomic E-state index is 11.1. The third-order valence-corrected chi connectivity index (χ3v) is 2.37. The average molecular weight is 153 g/mol. The van der Waals surface area contributed by atoms with Crippen molar-refractivity contribution in [2.45, 2.75) is 18.4 Å². The summed E-state index contributed by atoms with van der Waals surface area (Å²) in [4.78, 5) is 24.5. The molecule has 1 saturated heterocycles. The number of fused-ring (bicyclic) bond motifs is 1. The highest BCUT2D eigenvalue weighted by molar-refractivity contribution is 5.87. The van der Waals surface area contributed by atoms with Gasteiger partial charge in [-0.2, -0.15) is 4.99 Å². The van der Waals surface area contributed by atoms with E-state index in [1.807, 2.05) is 0 Å². The number of carbonyl (C=O) groups excluding carboxylic acids is 2. The van der Waals surface area contributed by atoms with Crippen LogP contribution in [0.2, 0.25) is 0 Å². The lowest BCUT2D eigenvalue weighted by molar-refractivity contribution is -0.149. The summed E-state index contributed by atoms with van der Waals surface area (Å²) in [7, 11) is 0. The minimum absolute atomic E-state index is 0.241. The summed E-state index contributed by atoms with van der Waals surface area (Å²) in [5.74, 6) is -0.109. The van der Waals surface area contributed by atoms with Crippen molar-refractivity contribution in [3.63, 3.8) is 0 Å². The zero-order valence-electron chi connectivity index (χ0n) is 5.87. The van der Waals surface area contributed by atoms with Gasteiger partial charge in [0.25, 0.3) is 0 Å². The summed E-state index contributed by atoms with van der Waals surface area (Å²) >= 11 is 0. The molecule has 0 aromatic heterocycles. The fourth-order valence-corrected chi connectivity index (χ4v) is 1.59. The summed E-state index contributed by atoms with van der Waals surface area (Å²) in [6.45, 7) is 0.472. The van der Waals surface area contributed by atoms with Gasteiger partial charge < -0.3 is 4.74 Å². The second-order valence-electron chi connectivity index (χ2n) is 2.95. The first-order chi connectivity index (χ1) is 5.29. The summed E-state index contributed by atoms with van der Waals surface area (Å²) in [6, 6.07) is 0. The van der Waals surface area contributed by atoms with E-state index in [4.69, 9.17) is 4.74 Å². The van der Waals surface area contributed by atoms with Gasteiger partial charge >= 0.3 is 5.97 Å². The van der Waals surface area contributed by atoms with Crippen molar-refractivity contribution in [1.29, 1.82) is 0 Å². The Kier molecular flexibility index (Phi) is 1.14. The number of nitrogens with zero attached hydrogens (tertiary/aromatic N) is 1. The van der Waals surface area contributed by atoms with Crippen LogP contribution in [-0.4, -0.2) is 24.2 Å². The predicted molar refractivity (Wildman–Crippen MR) is 34.5 cm³/mol. The van der Waals surface area contributed by atoms with Crippen LogP contribution < -0.4 is 0 Å². The van der Waals surface area contributed by atoms with E-state index < -0.39 is 5.54 Å². The molecular formula is C7H7NO3. The Morgan fingerprint density at radius 1 is 1.73 bits per heavy atom. The van der Waals surface area contributed by atoms with Gasteiger partial charge in [0.05, 0.1) is 6.61 Å². The smallest absolute Gasteiger partial charge is 0.335 e. The Labute approximate surface area is 63.2 Å². The third-order valence-electron chi connectivity index (χ3n) is 2.37. The van der Waals surface area contributed by atoms with Gasteiger partial charge in [0.1, 0.15) is 0 Å². The molecule has 2 atom stereocenters. The maximum atomic E-state index is 11.1. The van der Waals surface area contributed by atoms with Crippen LogP contribution in [0.1, 0.15) is 12.8 Å². The predicted octanol–water partition coefficient (Wildman–Crippen LogP) is 0.0278. The molecule has 11 heavy (non-hydrogen) atoms. The monoisotopic (exact) mass is 153 g/mol. The first-order valence-electron chi connectivity index (χ1n) is 3.56. The van der Waals surface area contributed by atoms with E-state index in [-0.39, 0.29) is 11.9 Å². The van der Waals surface area contributed by atoms with Crippen molar-refractivity contribution in [2.24, 2.45) is 10.9 Å². The van der Waals surface area contributed by atoms with Crippen LogP contribution in [0.15, 0.2) is 4.99 Å². The number of aliphatic imine (C=N–C) groups is 1. The average Bonchev–Trinajstić information content (AvgIpc) is 2.66. The molecule has 0 aromatic carbocycles. The molecule has 0 bridgehead atoms. The topological polar surface area (TPSA) is 55.7 Å². The van der Waals surface area contributed by atoms with E-state index >= 15 is 0 Å². The molecule has 1 aliphatic heterocycles. The number of rotatable bonds is 1. The van der Waals surface area contributed by atoms with Gasteiger partial charge in [-0.3, -0.25) is 0 Å². The van der Waals surface area contributed by atoms with Crippen molar-refractivity contribution in [3.8, 4) is 0 Å². The highest BCUT2D eigenvalue weighted by Crippen LogP contribution is 2.52. The zero-order chi connectivity index (χ0) is 7.90. The van der Waals surface area contributed by atoms with Gasteiger partial charge in [0.2, 0.25) is 6.08 Å². The highest BCUT2D eigenvalue weighted by atomic mass is 16.5. The molecule has 0 aromatic rings. The Hall–Kier alpha value is -1.15. The number of hydrogen-bond donors (Lipinski definition) is 0. The van der Waals surface area contributed by atoms with Gasteiger partial charge in [0.15, 0.2) is 5.54 Å². The van der Waals surface area contributed by atoms with Crippen molar-refractivity contribution in [2.75, 3.05) is 6.61 Å². The highest BCUT2D eigenvalue weighted by Gasteiger charge is 2.64. The van der Waals surface area contributed by atoms with E-state index in [1.54, 1.807) is 0 Å². The number of cyclic esters (lactones) is 1. The van der Waals surface area contributed by atoms with Crippen LogP contribution in [-0.2, 0) is 14.3 Å². The first kappa shape index (κ1) is 6.55. The normalized spacial score (nSPS) is 40.0. The van der Waals surface area contributed by atoms with Crippen molar-refractivity contribution in [3.05, 3.63) is 0 Å². The second kappa shape index (κ2) is 1.92. The van der Waals surface area contributed by atoms with Gasteiger partial charge in [-0.25, -0.2) is 9.59 Å². The van der Waals surface area contributed by atoms with E-state index in [9.17, 15) is 9.59 Å². The molecule has 2 aliphatic rings. The number of esters is 1. The lowest BCUT2D eigenvalue weighted by Crippen LogP contribution is -2.30. The van der Waals surface area contributed by atoms with Gasteiger partial charge in [-0.05, 0) is 12.8 Å². The lowest BCUT2D eigenvalue weighted by atomic mass is 10.1. The largest absolute Gasteiger partial charge is 0.464 e. The van der Waals surface area contributed by atoms with Crippen LogP contribution in [0.25, 0.3) is 0 Å². The number of hydrogen-bond acceptors (Lipinski definition) is 4. The number of isocyanates is 1. The van der Waals surface area contributed by atoms with Crippen molar-refractivity contribution in [1.82, 2.24) is 0 Å². The standard InChI is InChI=1S/C7H7NO3/c9-4-8-7-3-5(7)1-2-11-6(7)10/h5H,1-3H2/t5-,7-/m1/s1. The molecular weight excluding hydrogens is 146 g/mol. The minimum Gasteiger partial charge on any atom is -0.464 e. The number of ether oxygens (including phenoxy) is 1. The van der Waals surface area contributed by atoms with E-state index in [2.05, 4.69) is 4.99 Å². The van der Waals surface area contributed by atoms with Crippen LogP contribution >= 0.6 is 0 Å². The van der Waals surface area contributed by atoms with Crippen molar-refractivity contribution >= 4 is 12.0 Å². The quantitative estimate of drug-likeness (QED) is 0.303. The number of carbonyl (C=O) groups is 1. The van der Waals surface area contributed by atoms with Crippen LogP contribution in [0.5, 0.6) is 0 Å². The Bertz CT molecular complexity index is 256. The molecule has 0 N–H and O–H groups in total. The van der Waals surface area contributed by atoms with E-state index in [0.717, 1.165) is 6.42 Å².